The van der Waals surface area contributed by atoms with Gasteiger partial charge in [-0.2, -0.15) is 9.36 Å². The van der Waals surface area contributed by atoms with Gasteiger partial charge in [-0.05, 0) is 6.92 Å². The number of rotatable bonds is 3. The molecule has 0 aliphatic heterocycles. The Bertz CT molecular complexity index is 296. The number of nitrogen functional groups attached to an aromatic ring is 1. The van der Waals surface area contributed by atoms with E-state index >= 15 is 0 Å². The van der Waals surface area contributed by atoms with Gasteiger partial charge in [0.2, 0.25) is 11.1 Å². The lowest BCUT2D eigenvalue weighted by Gasteiger charge is -1.94. The summed E-state index contributed by atoms with van der Waals surface area (Å²) in [5.41, 5.74) is 5.33. The van der Waals surface area contributed by atoms with Crippen LogP contribution in [0.15, 0.2) is 0 Å². The molecule has 0 saturated heterocycles. The molecule has 0 unspecified atom stereocenters. The van der Waals surface area contributed by atoms with Gasteiger partial charge in [0.05, 0.1) is 0 Å². The van der Waals surface area contributed by atoms with Crippen molar-refractivity contribution in [3.05, 3.63) is 0 Å². The molecule has 0 aliphatic carbocycles. The second kappa shape index (κ2) is 4.57. The smallest absolute Gasteiger partial charge is 0.233 e. The number of nitrogens with two attached hydrogens (primary N) is 1. The first kappa shape index (κ1) is 8.81. The van der Waals surface area contributed by atoms with Crippen LogP contribution < -0.4 is 11.1 Å². The number of hydrogen-bond acceptors (Lipinski definition) is 5. The van der Waals surface area contributed by atoms with Crippen LogP contribution in [-0.4, -0.2) is 15.9 Å². The third kappa shape index (κ3) is 2.76. The Balaban J connectivity index is 2.27. The van der Waals surface area contributed by atoms with Crippen molar-refractivity contribution in [1.82, 2.24) is 9.36 Å². The number of nitrogens with one attached hydrogen (secondary N) is 1. The molecule has 0 amide bonds. The van der Waals surface area contributed by atoms with E-state index in [-0.39, 0.29) is 0 Å². The summed E-state index contributed by atoms with van der Waals surface area (Å²) < 4.78 is 3.83. The Morgan fingerprint density at radius 3 is 3.08 bits per heavy atom. The molecule has 12 heavy (non-hydrogen) atoms. The molecule has 1 aromatic heterocycles. The van der Waals surface area contributed by atoms with Crippen molar-refractivity contribution in [1.29, 1.82) is 0 Å². The molecule has 1 aromatic rings. The lowest BCUT2D eigenvalue weighted by atomic mass is 10.4. The van der Waals surface area contributed by atoms with Crippen LogP contribution >= 0.6 is 11.5 Å². The lowest BCUT2D eigenvalue weighted by molar-refractivity contribution is 1.09. The van der Waals surface area contributed by atoms with Gasteiger partial charge in [0, 0.05) is 24.5 Å². The molecular formula is C7H10N4S. The molecule has 64 valence electrons. The van der Waals surface area contributed by atoms with Crippen LogP contribution in [0.4, 0.5) is 11.1 Å². The van der Waals surface area contributed by atoms with E-state index in [1.807, 2.05) is 6.92 Å². The molecule has 1 rings (SSSR count). The predicted octanol–water partition coefficient (Wildman–Crippen LogP) is 0.946. The van der Waals surface area contributed by atoms with Gasteiger partial charge in [-0.15, -0.1) is 11.8 Å². The highest BCUT2D eigenvalue weighted by molar-refractivity contribution is 7.09. The number of nitrogens with zero attached hydrogens (tertiary/aromatic N) is 2. The lowest BCUT2D eigenvalue weighted by Crippen LogP contribution is -1.99. The van der Waals surface area contributed by atoms with Gasteiger partial charge in [-0.3, -0.25) is 0 Å². The number of hydrogen-bond donors (Lipinski definition) is 2. The van der Waals surface area contributed by atoms with Gasteiger partial charge in [0.1, 0.15) is 0 Å². The quantitative estimate of drug-likeness (QED) is 0.539. The fraction of sp³-hybridized carbons (Fsp3) is 0.429. The Labute approximate surface area is 75.4 Å². The SMILES string of the molecule is CC#CCCNc1nc(N)ns1. The van der Waals surface area contributed by atoms with E-state index < -0.39 is 0 Å². The molecule has 3 N–H and O–H groups in total. The zero-order valence-corrected chi connectivity index (χ0v) is 7.61. The Morgan fingerprint density at radius 2 is 2.50 bits per heavy atom. The molecule has 4 nitrogen and oxygen atoms in total. The largest absolute Gasteiger partial charge is 0.367 e. The minimum absolute atomic E-state index is 0.323. The molecule has 5 heteroatoms. The monoisotopic (exact) mass is 182 g/mol. The zero-order chi connectivity index (χ0) is 8.81. The molecule has 0 aliphatic rings. The Morgan fingerprint density at radius 1 is 1.67 bits per heavy atom. The summed E-state index contributed by atoms with van der Waals surface area (Å²) in [4.78, 5) is 3.93. The Hall–Kier alpha value is -1.28. The minimum atomic E-state index is 0.323. The fourth-order valence-electron chi connectivity index (χ4n) is 0.664. The minimum Gasteiger partial charge on any atom is -0.367 e. The maximum atomic E-state index is 5.33. The number of anilines is 2. The summed E-state index contributed by atoms with van der Waals surface area (Å²) in [5, 5.41) is 3.82. The van der Waals surface area contributed by atoms with Crippen molar-refractivity contribution in [2.24, 2.45) is 0 Å². The van der Waals surface area contributed by atoms with Crippen molar-refractivity contribution in [2.45, 2.75) is 13.3 Å². The zero-order valence-electron chi connectivity index (χ0n) is 6.79. The van der Waals surface area contributed by atoms with Crippen LogP contribution in [0.3, 0.4) is 0 Å². The van der Waals surface area contributed by atoms with Crippen LogP contribution in [0.5, 0.6) is 0 Å². The maximum Gasteiger partial charge on any atom is 0.233 e. The van der Waals surface area contributed by atoms with Crippen molar-refractivity contribution < 1.29 is 0 Å². The van der Waals surface area contributed by atoms with Crippen molar-refractivity contribution in [2.75, 3.05) is 17.6 Å². The van der Waals surface area contributed by atoms with E-state index in [4.69, 9.17) is 5.73 Å². The predicted molar refractivity (Wildman–Crippen MR) is 50.9 cm³/mol. The highest BCUT2D eigenvalue weighted by Gasteiger charge is 1.96. The van der Waals surface area contributed by atoms with Crippen molar-refractivity contribution in [3.63, 3.8) is 0 Å². The second-order valence-electron chi connectivity index (χ2n) is 2.06. The molecule has 0 atom stereocenters. The highest BCUT2D eigenvalue weighted by atomic mass is 32.1. The van der Waals surface area contributed by atoms with E-state index in [0.29, 0.717) is 5.95 Å². The molecule has 0 fully saturated rings. The van der Waals surface area contributed by atoms with Crippen molar-refractivity contribution >= 4 is 22.6 Å². The van der Waals surface area contributed by atoms with Gasteiger partial charge < -0.3 is 11.1 Å². The van der Waals surface area contributed by atoms with Crippen LogP contribution in [0.25, 0.3) is 0 Å². The van der Waals surface area contributed by atoms with Gasteiger partial charge in [0.15, 0.2) is 0 Å². The average Bonchev–Trinajstić information content (AvgIpc) is 2.45. The fourth-order valence-corrected chi connectivity index (χ4v) is 1.19. The highest BCUT2D eigenvalue weighted by Crippen LogP contribution is 2.10. The van der Waals surface area contributed by atoms with E-state index in [1.54, 1.807) is 0 Å². The van der Waals surface area contributed by atoms with Gasteiger partial charge in [-0.1, -0.05) is 0 Å². The number of aromatic nitrogens is 2. The molecule has 0 saturated carbocycles. The Kier molecular flexibility index (Phi) is 3.35. The summed E-state index contributed by atoms with van der Waals surface area (Å²) in [7, 11) is 0. The summed E-state index contributed by atoms with van der Waals surface area (Å²) in [6.07, 6.45) is 0.815. The van der Waals surface area contributed by atoms with Crippen LogP contribution in [-0.2, 0) is 0 Å². The molecule has 0 spiro atoms. The first-order valence-electron chi connectivity index (χ1n) is 3.55. The average molecular weight is 182 g/mol. The second-order valence-corrected chi connectivity index (χ2v) is 2.81. The van der Waals surface area contributed by atoms with E-state index in [0.717, 1.165) is 18.1 Å². The van der Waals surface area contributed by atoms with Crippen LogP contribution in [0, 0.1) is 11.8 Å². The van der Waals surface area contributed by atoms with Crippen molar-refractivity contribution in [3.8, 4) is 11.8 Å². The van der Waals surface area contributed by atoms with Crippen LogP contribution in [0.1, 0.15) is 13.3 Å². The summed E-state index contributed by atoms with van der Waals surface area (Å²) in [6.45, 7) is 2.61. The maximum absolute atomic E-state index is 5.33. The van der Waals surface area contributed by atoms with Crippen LogP contribution in [0.2, 0.25) is 0 Å². The molecule has 1 heterocycles. The first-order chi connectivity index (χ1) is 5.83. The summed E-state index contributed by atoms with van der Waals surface area (Å²) in [6, 6.07) is 0. The van der Waals surface area contributed by atoms with Gasteiger partial charge >= 0.3 is 0 Å². The molecule has 0 aromatic carbocycles. The normalized spacial score (nSPS) is 8.75. The van der Waals surface area contributed by atoms with E-state index in [2.05, 4.69) is 26.5 Å². The molecule has 0 radical (unpaired) electrons. The molecule has 0 bridgehead atoms. The van der Waals surface area contributed by atoms with Gasteiger partial charge in [0.25, 0.3) is 0 Å². The third-order valence-corrected chi connectivity index (χ3v) is 1.83. The van der Waals surface area contributed by atoms with E-state index in [1.165, 1.54) is 11.5 Å². The topological polar surface area (TPSA) is 63.8 Å². The standard InChI is InChI=1S/C7H10N4S/c1-2-3-4-5-9-7-10-6(8)11-12-7/h4-5H2,1H3,(H3,8,9,10,11). The summed E-state index contributed by atoms with van der Waals surface area (Å²) in [5.74, 6) is 6.07. The van der Waals surface area contributed by atoms with Gasteiger partial charge in [-0.25, -0.2) is 0 Å². The van der Waals surface area contributed by atoms with E-state index in [9.17, 15) is 0 Å². The third-order valence-electron chi connectivity index (χ3n) is 1.14. The summed E-state index contributed by atoms with van der Waals surface area (Å²) >= 11 is 1.26. The first-order valence-corrected chi connectivity index (χ1v) is 4.33. The molecular weight excluding hydrogens is 172 g/mol.